The van der Waals surface area contributed by atoms with Crippen LogP contribution in [0, 0.1) is 0 Å². The molecule has 0 spiro atoms. The first-order valence-corrected chi connectivity index (χ1v) is 5.84. The van der Waals surface area contributed by atoms with E-state index in [0.29, 0.717) is 6.04 Å². The van der Waals surface area contributed by atoms with Crippen LogP contribution in [0.1, 0.15) is 25.3 Å². The quantitative estimate of drug-likeness (QED) is 0.814. The minimum atomic E-state index is -0.0175. The summed E-state index contributed by atoms with van der Waals surface area (Å²) in [4.78, 5) is 10.9. The highest BCUT2D eigenvalue weighted by Crippen LogP contribution is 2.15. The highest BCUT2D eigenvalue weighted by Gasteiger charge is 2.14. The zero-order chi connectivity index (χ0) is 11.4. The Kier molecular flexibility index (Phi) is 3.57. The molecule has 0 aliphatic carbocycles. The first kappa shape index (κ1) is 11.1. The Hall–Kier alpha value is -1.35. The van der Waals surface area contributed by atoms with Crippen molar-refractivity contribution in [2.45, 2.75) is 32.2 Å². The third-order valence-electron chi connectivity index (χ3n) is 2.89. The lowest BCUT2D eigenvalue weighted by Gasteiger charge is -2.11. The molecule has 1 fully saturated rings. The summed E-state index contributed by atoms with van der Waals surface area (Å²) in [5.41, 5.74) is 2.17. The number of carbonyl (C=O) groups is 1. The zero-order valence-corrected chi connectivity index (χ0v) is 9.62. The van der Waals surface area contributed by atoms with E-state index in [2.05, 4.69) is 22.8 Å². The van der Waals surface area contributed by atoms with Crippen molar-refractivity contribution in [2.24, 2.45) is 0 Å². The normalized spacial score (nSPS) is 19.7. The summed E-state index contributed by atoms with van der Waals surface area (Å²) >= 11 is 0. The summed E-state index contributed by atoms with van der Waals surface area (Å²) in [5, 5.41) is 6.29. The third-order valence-corrected chi connectivity index (χ3v) is 2.89. The molecule has 3 nitrogen and oxygen atoms in total. The lowest BCUT2D eigenvalue weighted by atomic mass is 10.0. The molecule has 1 aliphatic heterocycles. The number of anilines is 1. The van der Waals surface area contributed by atoms with Crippen LogP contribution in [0.2, 0.25) is 0 Å². The fourth-order valence-electron chi connectivity index (χ4n) is 2.19. The molecule has 1 unspecified atom stereocenters. The SMILES string of the molecule is CC(=O)Nc1cccc(CC2CCCN2)c1. The van der Waals surface area contributed by atoms with Crippen molar-refractivity contribution in [1.29, 1.82) is 0 Å². The molecule has 3 heteroatoms. The van der Waals surface area contributed by atoms with Crippen molar-refractivity contribution in [1.82, 2.24) is 5.32 Å². The van der Waals surface area contributed by atoms with Gasteiger partial charge in [0.05, 0.1) is 0 Å². The molecule has 0 saturated carbocycles. The van der Waals surface area contributed by atoms with E-state index < -0.39 is 0 Å². The molecule has 16 heavy (non-hydrogen) atoms. The highest BCUT2D eigenvalue weighted by atomic mass is 16.1. The molecule has 2 N–H and O–H groups in total. The monoisotopic (exact) mass is 218 g/mol. The van der Waals surface area contributed by atoms with E-state index in [1.54, 1.807) is 0 Å². The number of rotatable bonds is 3. The van der Waals surface area contributed by atoms with Crippen molar-refractivity contribution in [3.05, 3.63) is 29.8 Å². The smallest absolute Gasteiger partial charge is 0.221 e. The molecule has 1 aromatic carbocycles. The van der Waals surface area contributed by atoms with Crippen molar-refractivity contribution in [3.8, 4) is 0 Å². The Bertz CT molecular complexity index is 370. The Morgan fingerprint density at radius 3 is 3.12 bits per heavy atom. The molecular weight excluding hydrogens is 200 g/mol. The molecule has 1 saturated heterocycles. The van der Waals surface area contributed by atoms with Gasteiger partial charge in [-0.05, 0) is 43.5 Å². The van der Waals surface area contributed by atoms with Gasteiger partial charge in [-0.3, -0.25) is 4.79 Å². The largest absolute Gasteiger partial charge is 0.326 e. The Morgan fingerprint density at radius 2 is 2.44 bits per heavy atom. The Balaban J connectivity index is 2.00. The van der Waals surface area contributed by atoms with Gasteiger partial charge in [0.25, 0.3) is 0 Å². The number of benzene rings is 1. The molecule has 1 amide bonds. The summed E-state index contributed by atoms with van der Waals surface area (Å²) in [6.45, 7) is 2.67. The molecule has 86 valence electrons. The second kappa shape index (κ2) is 5.12. The van der Waals surface area contributed by atoms with Crippen molar-refractivity contribution in [2.75, 3.05) is 11.9 Å². The number of carbonyl (C=O) groups excluding carboxylic acids is 1. The molecular formula is C13H18N2O. The standard InChI is InChI=1S/C13H18N2O/c1-10(16)15-13-5-2-4-11(9-13)8-12-6-3-7-14-12/h2,4-5,9,12,14H,3,6-8H2,1H3,(H,15,16). The molecule has 0 radical (unpaired) electrons. The maximum absolute atomic E-state index is 10.9. The average Bonchev–Trinajstić information content (AvgIpc) is 2.70. The summed E-state index contributed by atoms with van der Waals surface area (Å²) in [7, 11) is 0. The van der Waals surface area contributed by atoms with E-state index in [1.807, 2.05) is 12.1 Å². The van der Waals surface area contributed by atoms with Crippen LogP contribution in [0.4, 0.5) is 5.69 Å². The van der Waals surface area contributed by atoms with Gasteiger partial charge in [0.15, 0.2) is 0 Å². The molecule has 0 aromatic heterocycles. The maximum atomic E-state index is 10.9. The minimum absolute atomic E-state index is 0.0175. The summed E-state index contributed by atoms with van der Waals surface area (Å²) in [6.07, 6.45) is 3.58. The number of hydrogen-bond acceptors (Lipinski definition) is 2. The number of hydrogen-bond donors (Lipinski definition) is 2. The van der Waals surface area contributed by atoms with Crippen LogP contribution >= 0.6 is 0 Å². The zero-order valence-electron chi connectivity index (χ0n) is 9.62. The Labute approximate surface area is 96.2 Å². The first-order valence-electron chi connectivity index (χ1n) is 5.84. The van der Waals surface area contributed by atoms with Crippen LogP contribution < -0.4 is 10.6 Å². The van der Waals surface area contributed by atoms with Crippen LogP contribution in [0.25, 0.3) is 0 Å². The van der Waals surface area contributed by atoms with E-state index in [4.69, 9.17) is 0 Å². The van der Waals surface area contributed by atoms with E-state index in [-0.39, 0.29) is 5.91 Å². The van der Waals surface area contributed by atoms with Gasteiger partial charge in [-0.1, -0.05) is 12.1 Å². The van der Waals surface area contributed by atoms with Crippen LogP contribution in [0.15, 0.2) is 24.3 Å². The van der Waals surface area contributed by atoms with Gasteiger partial charge >= 0.3 is 0 Å². The number of nitrogens with one attached hydrogen (secondary N) is 2. The molecule has 1 aromatic rings. The average molecular weight is 218 g/mol. The highest BCUT2D eigenvalue weighted by molar-refractivity contribution is 5.88. The van der Waals surface area contributed by atoms with Gasteiger partial charge in [0.2, 0.25) is 5.91 Å². The van der Waals surface area contributed by atoms with Gasteiger partial charge < -0.3 is 10.6 Å². The molecule has 1 aliphatic rings. The molecule has 0 bridgehead atoms. The maximum Gasteiger partial charge on any atom is 0.221 e. The second-order valence-electron chi connectivity index (χ2n) is 4.38. The van der Waals surface area contributed by atoms with Gasteiger partial charge in [-0.15, -0.1) is 0 Å². The van der Waals surface area contributed by atoms with E-state index >= 15 is 0 Å². The summed E-state index contributed by atoms with van der Waals surface area (Å²) < 4.78 is 0. The number of amides is 1. The lowest BCUT2D eigenvalue weighted by Crippen LogP contribution is -2.23. The van der Waals surface area contributed by atoms with Gasteiger partial charge in [0.1, 0.15) is 0 Å². The van der Waals surface area contributed by atoms with Gasteiger partial charge in [0, 0.05) is 18.7 Å². The van der Waals surface area contributed by atoms with Crippen LogP contribution in [-0.2, 0) is 11.2 Å². The first-order chi connectivity index (χ1) is 7.74. The minimum Gasteiger partial charge on any atom is -0.326 e. The van der Waals surface area contributed by atoms with Gasteiger partial charge in [-0.25, -0.2) is 0 Å². The predicted molar refractivity (Wildman–Crippen MR) is 65.5 cm³/mol. The third kappa shape index (κ3) is 3.07. The fourth-order valence-corrected chi connectivity index (χ4v) is 2.19. The summed E-state index contributed by atoms with van der Waals surface area (Å²) in [5.74, 6) is -0.0175. The lowest BCUT2D eigenvalue weighted by molar-refractivity contribution is -0.114. The van der Waals surface area contributed by atoms with Gasteiger partial charge in [-0.2, -0.15) is 0 Å². The molecule has 1 atom stereocenters. The summed E-state index contributed by atoms with van der Waals surface area (Å²) in [6, 6.07) is 8.70. The van der Waals surface area contributed by atoms with Crippen LogP contribution in [0.5, 0.6) is 0 Å². The Morgan fingerprint density at radius 1 is 1.56 bits per heavy atom. The molecule has 1 heterocycles. The van der Waals surface area contributed by atoms with E-state index in [9.17, 15) is 4.79 Å². The van der Waals surface area contributed by atoms with E-state index in [0.717, 1.165) is 18.7 Å². The van der Waals surface area contributed by atoms with Crippen molar-refractivity contribution in [3.63, 3.8) is 0 Å². The fraction of sp³-hybridized carbons (Fsp3) is 0.462. The second-order valence-corrected chi connectivity index (χ2v) is 4.38. The molecule has 2 rings (SSSR count). The van der Waals surface area contributed by atoms with Crippen LogP contribution in [0.3, 0.4) is 0 Å². The predicted octanol–water partition coefficient (Wildman–Crippen LogP) is 1.94. The van der Waals surface area contributed by atoms with Crippen molar-refractivity contribution >= 4 is 11.6 Å². The van der Waals surface area contributed by atoms with Crippen molar-refractivity contribution < 1.29 is 4.79 Å². The topological polar surface area (TPSA) is 41.1 Å². The van der Waals surface area contributed by atoms with E-state index in [1.165, 1.54) is 25.3 Å². The van der Waals surface area contributed by atoms with Crippen LogP contribution in [-0.4, -0.2) is 18.5 Å².